The number of unbranched alkanes of at least 4 members (excludes halogenated alkanes) is 12. The van der Waals surface area contributed by atoms with Gasteiger partial charge in [-0.2, -0.15) is 49.2 Å². The molecular formula is C24H46O2PS2Zn-3. The van der Waals surface area contributed by atoms with Crippen molar-refractivity contribution in [3.63, 3.8) is 0 Å². The molecule has 1 aromatic carbocycles. The predicted octanol–water partition coefficient (Wildman–Crippen LogP) is 8.75. The number of hydrogen-bond acceptors (Lipinski definition) is 1. The second-order valence-corrected chi connectivity index (χ2v) is 11.9. The van der Waals surface area contributed by atoms with E-state index in [1.807, 2.05) is 30.3 Å². The maximum absolute atomic E-state index is 7.87. The van der Waals surface area contributed by atoms with Gasteiger partial charge >= 0.3 is 0 Å². The van der Waals surface area contributed by atoms with Crippen molar-refractivity contribution in [1.82, 2.24) is 0 Å². The van der Waals surface area contributed by atoms with Gasteiger partial charge < -0.3 is 23.6 Å². The molecule has 0 aliphatic heterocycles. The molecule has 0 fully saturated rings. The van der Waals surface area contributed by atoms with E-state index in [0.717, 1.165) is 12.8 Å². The minimum Gasteiger partial charge on any atom is -0.343 e. The fraction of sp³-hybridized carbons (Fsp3) is 0.667. The molecule has 0 amide bonds. The first kappa shape index (κ1) is 38.0. The molecule has 0 aliphatic rings. The van der Waals surface area contributed by atoms with Crippen molar-refractivity contribution < 1.29 is 29.3 Å². The van der Waals surface area contributed by atoms with Gasteiger partial charge in [0.1, 0.15) is 0 Å². The van der Waals surface area contributed by atoms with Crippen LogP contribution in [-0.4, -0.2) is 9.79 Å². The van der Waals surface area contributed by atoms with Crippen LogP contribution in [0, 0.1) is 19.9 Å². The maximum Gasteiger partial charge on any atom is 0.239 e. The second-order valence-electron chi connectivity index (χ2n) is 6.83. The Hall–Kier alpha value is 0.763. The van der Waals surface area contributed by atoms with Crippen molar-refractivity contribution in [2.75, 3.05) is 0 Å². The van der Waals surface area contributed by atoms with Crippen LogP contribution in [0.25, 0.3) is 0 Å². The molecule has 0 heterocycles. The molecule has 2 N–H and O–H groups in total. The molecule has 2 nitrogen and oxygen atoms in total. The van der Waals surface area contributed by atoms with E-state index in [9.17, 15) is 0 Å². The van der Waals surface area contributed by atoms with Gasteiger partial charge in [-0.15, -0.1) is 0 Å². The van der Waals surface area contributed by atoms with Crippen LogP contribution in [0.1, 0.15) is 104 Å². The standard InChI is InChI=1S/2C9H19.C6H5.H3O2PS2.Zn/c2*1-3-5-7-9-8-6-4-2;1-2-4-6-5-3-1;1-3(2,4)5;/h2*1,3-9H2,2H3;1-5H;(H3,1,2,4,5);/q3*-1;;. The zero-order chi connectivity index (χ0) is 22.6. The van der Waals surface area contributed by atoms with E-state index < -0.39 is 5.69 Å². The molecule has 0 unspecified atom stereocenters. The third-order valence-electron chi connectivity index (χ3n) is 3.81. The third-order valence-corrected chi connectivity index (χ3v) is 3.81. The quantitative estimate of drug-likeness (QED) is 0.0838. The SMILES string of the molecule is OP(O)(=S)S.[CH2-]CCCCCCCC.[CH2-]CCCCCCCC.[Zn].[c-]1ccccc1. The van der Waals surface area contributed by atoms with Crippen molar-refractivity contribution in [2.24, 2.45) is 0 Å². The van der Waals surface area contributed by atoms with Gasteiger partial charge in [0.25, 0.3) is 0 Å². The van der Waals surface area contributed by atoms with Crippen LogP contribution in [0.15, 0.2) is 30.3 Å². The van der Waals surface area contributed by atoms with Crippen molar-refractivity contribution in [3.05, 3.63) is 50.2 Å². The molecule has 6 heteroatoms. The van der Waals surface area contributed by atoms with E-state index in [4.69, 9.17) is 9.79 Å². The number of benzene rings is 1. The average molecular weight is 527 g/mol. The van der Waals surface area contributed by atoms with Crippen LogP contribution in [0.3, 0.4) is 0 Å². The number of thiol groups is 1. The molecule has 30 heavy (non-hydrogen) atoms. The first-order chi connectivity index (χ1) is 13.8. The van der Waals surface area contributed by atoms with Gasteiger partial charge in [-0.1, -0.05) is 103 Å². The van der Waals surface area contributed by atoms with Crippen LogP contribution in [0.2, 0.25) is 0 Å². The molecule has 1 rings (SSSR count). The summed E-state index contributed by atoms with van der Waals surface area (Å²) in [5.74, 6) is 0. The van der Waals surface area contributed by atoms with Gasteiger partial charge in [-0.05, 0) is 11.8 Å². The van der Waals surface area contributed by atoms with E-state index in [-0.39, 0.29) is 19.5 Å². The van der Waals surface area contributed by atoms with Gasteiger partial charge in [0.2, 0.25) is 5.69 Å². The van der Waals surface area contributed by atoms with Crippen LogP contribution >= 0.6 is 17.9 Å². The summed E-state index contributed by atoms with van der Waals surface area (Å²) in [5.41, 5.74) is -3.11. The third kappa shape index (κ3) is 63.0. The smallest absolute Gasteiger partial charge is 0.239 e. The summed E-state index contributed by atoms with van der Waals surface area (Å²) < 4.78 is 0. The van der Waals surface area contributed by atoms with Crippen molar-refractivity contribution in [1.29, 1.82) is 0 Å². The fourth-order valence-corrected chi connectivity index (χ4v) is 2.26. The summed E-state index contributed by atoms with van der Waals surface area (Å²) in [4.78, 5) is 15.7. The molecule has 0 aromatic heterocycles. The Morgan fingerprint density at radius 2 is 1.03 bits per heavy atom. The Labute approximate surface area is 212 Å². The maximum atomic E-state index is 7.87. The number of rotatable bonds is 12. The molecule has 0 saturated heterocycles. The van der Waals surface area contributed by atoms with Crippen molar-refractivity contribution in [3.8, 4) is 0 Å². The molecule has 0 spiro atoms. The molecule has 0 saturated carbocycles. The van der Waals surface area contributed by atoms with Crippen LogP contribution in [-0.2, 0) is 31.3 Å². The van der Waals surface area contributed by atoms with Gasteiger partial charge in [-0.3, -0.25) is 0 Å². The molecular weight excluding hydrogens is 481 g/mol. The van der Waals surface area contributed by atoms with Crippen molar-refractivity contribution in [2.45, 2.75) is 104 Å². The van der Waals surface area contributed by atoms with Gasteiger partial charge in [0.05, 0.1) is 0 Å². The molecule has 1 aromatic rings. The average Bonchev–Trinajstić information content (AvgIpc) is 2.69. The summed E-state index contributed by atoms with van der Waals surface area (Å²) in [6.07, 6.45) is 18.9. The van der Waals surface area contributed by atoms with E-state index in [1.165, 1.54) is 77.0 Å². The minimum absolute atomic E-state index is 0. The molecule has 0 atom stereocenters. The normalized spacial score (nSPS) is 9.57. The Morgan fingerprint density at radius 1 is 0.733 bits per heavy atom. The first-order valence-corrected chi connectivity index (χ1v) is 15.0. The molecule has 0 bridgehead atoms. The van der Waals surface area contributed by atoms with Gasteiger partial charge in [0.15, 0.2) is 0 Å². The van der Waals surface area contributed by atoms with E-state index >= 15 is 0 Å². The molecule has 0 aliphatic carbocycles. The first-order valence-electron chi connectivity index (χ1n) is 11.1. The Kier molecular flexibility index (Phi) is 43.6. The topological polar surface area (TPSA) is 40.5 Å². The zero-order valence-corrected chi connectivity index (χ0v) is 25.2. The summed E-state index contributed by atoms with van der Waals surface area (Å²) in [7, 11) is 0. The Balaban J connectivity index is -0.000000152. The number of hydrogen-bond donors (Lipinski definition) is 3. The van der Waals surface area contributed by atoms with Crippen LogP contribution in [0.5, 0.6) is 0 Å². The minimum atomic E-state index is -3.11. The summed E-state index contributed by atoms with van der Waals surface area (Å²) in [6.45, 7) is 12.1. The van der Waals surface area contributed by atoms with E-state index in [0.29, 0.717) is 0 Å². The van der Waals surface area contributed by atoms with E-state index in [1.54, 1.807) is 0 Å². The molecule has 0 radical (unpaired) electrons. The summed E-state index contributed by atoms with van der Waals surface area (Å²) in [5, 5.41) is 0. The monoisotopic (exact) mass is 525 g/mol. The molecule has 176 valence electrons. The van der Waals surface area contributed by atoms with Crippen LogP contribution in [0.4, 0.5) is 0 Å². The largest absolute Gasteiger partial charge is 0.343 e. The van der Waals surface area contributed by atoms with Crippen LogP contribution < -0.4 is 0 Å². The Morgan fingerprint density at radius 3 is 1.23 bits per heavy atom. The Bertz CT molecular complexity index is 356. The zero-order valence-electron chi connectivity index (χ0n) is 19.6. The fourth-order valence-electron chi connectivity index (χ4n) is 2.26. The van der Waals surface area contributed by atoms with Crippen molar-refractivity contribution >= 4 is 29.7 Å². The van der Waals surface area contributed by atoms with Gasteiger partial charge in [-0.25, -0.2) is 0 Å². The summed E-state index contributed by atoms with van der Waals surface area (Å²) in [6, 6.07) is 12.5. The predicted molar refractivity (Wildman–Crippen MR) is 140 cm³/mol. The second kappa shape index (κ2) is 34.4. The van der Waals surface area contributed by atoms with E-state index in [2.05, 4.69) is 57.8 Å². The van der Waals surface area contributed by atoms with Gasteiger partial charge in [0, 0.05) is 19.5 Å². The summed E-state index contributed by atoms with van der Waals surface area (Å²) >= 11 is 7.07.